The highest BCUT2D eigenvalue weighted by atomic mass is 15.1. The van der Waals surface area contributed by atoms with Crippen molar-refractivity contribution in [2.24, 2.45) is 0 Å². The van der Waals surface area contributed by atoms with E-state index in [0.29, 0.717) is 11.1 Å². The van der Waals surface area contributed by atoms with E-state index in [4.69, 9.17) is 0 Å². The van der Waals surface area contributed by atoms with Crippen molar-refractivity contribution in [2.75, 3.05) is 0 Å². The highest BCUT2D eigenvalue weighted by Gasteiger charge is 2.64. The zero-order chi connectivity index (χ0) is 27.4. The molecule has 3 heterocycles. The van der Waals surface area contributed by atoms with E-state index in [0.717, 1.165) is 33.5 Å². The predicted octanol–water partition coefficient (Wildman–Crippen LogP) is 6.85. The Labute approximate surface area is 234 Å². The first-order chi connectivity index (χ1) is 19.7. The van der Waals surface area contributed by atoms with Gasteiger partial charge in [0.25, 0.3) is 0 Å². The lowest BCUT2D eigenvalue weighted by molar-refractivity contribution is -0.693. The molecule has 1 saturated carbocycles. The van der Waals surface area contributed by atoms with Crippen LogP contribution in [0.1, 0.15) is 45.7 Å². The van der Waals surface area contributed by atoms with Crippen LogP contribution < -0.4 is 9.13 Å². The Morgan fingerprint density at radius 1 is 0.775 bits per heavy atom. The SMILES string of the molecule is C=C[n+]1cc(-c2ccccc2)c(C)cc1-c1c(C2C3c4ccccc4-c4cccc[n+]4C32)ccc(C#N)c1C#N. The number of fused-ring (bicyclic) bond motifs is 6. The molecule has 4 nitrogen and oxygen atoms in total. The second-order valence-corrected chi connectivity index (χ2v) is 10.5. The smallest absolute Gasteiger partial charge is 0.194 e. The number of hydrogen-bond donors (Lipinski definition) is 0. The molecule has 0 bridgehead atoms. The Hall–Kier alpha value is -5.32. The quantitative estimate of drug-likeness (QED) is 0.246. The van der Waals surface area contributed by atoms with Gasteiger partial charge < -0.3 is 0 Å². The molecule has 1 aliphatic carbocycles. The molecule has 3 unspecified atom stereocenters. The molecule has 3 aromatic carbocycles. The fourth-order valence-corrected chi connectivity index (χ4v) is 6.68. The molecule has 5 aromatic rings. The maximum Gasteiger partial charge on any atom is 0.219 e. The number of rotatable bonds is 4. The first kappa shape index (κ1) is 23.8. The largest absolute Gasteiger partial charge is 0.219 e. The van der Waals surface area contributed by atoms with E-state index in [1.807, 2.05) is 28.8 Å². The van der Waals surface area contributed by atoms with E-state index in [1.54, 1.807) is 6.20 Å². The molecule has 2 aromatic heterocycles. The minimum atomic E-state index is 0.164. The van der Waals surface area contributed by atoms with Crippen molar-refractivity contribution in [1.82, 2.24) is 0 Å². The predicted molar refractivity (Wildman–Crippen MR) is 155 cm³/mol. The molecule has 0 N–H and O–H groups in total. The Bertz CT molecular complexity index is 1870. The maximum atomic E-state index is 10.4. The van der Waals surface area contributed by atoms with Gasteiger partial charge in [-0.15, -0.1) is 0 Å². The molecule has 2 aliphatic rings. The summed E-state index contributed by atoms with van der Waals surface area (Å²) in [6.07, 6.45) is 6.03. The Morgan fingerprint density at radius 2 is 1.52 bits per heavy atom. The number of nitrogens with zero attached hydrogens (tertiary/aromatic N) is 4. The van der Waals surface area contributed by atoms with Crippen molar-refractivity contribution in [3.05, 3.63) is 138 Å². The van der Waals surface area contributed by atoms with Gasteiger partial charge in [-0.05, 0) is 54.0 Å². The third-order valence-electron chi connectivity index (χ3n) is 8.48. The first-order valence-corrected chi connectivity index (χ1v) is 13.5. The van der Waals surface area contributed by atoms with Gasteiger partial charge in [-0.25, -0.2) is 0 Å². The van der Waals surface area contributed by atoms with Gasteiger partial charge in [0.15, 0.2) is 24.6 Å². The number of hydrogen-bond acceptors (Lipinski definition) is 2. The molecule has 40 heavy (non-hydrogen) atoms. The minimum Gasteiger partial charge on any atom is -0.194 e. The summed E-state index contributed by atoms with van der Waals surface area (Å²) in [5.74, 6) is 0.452. The van der Waals surface area contributed by atoms with Gasteiger partial charge in [0.2, 0.25) is 11.4 Å². The third kappa shape index (κ3) is 3.44. The van der Waals surface area contributed by atoms with E-state index >= 15 is 0 Å². The summed E-state index contributed by atoms with van der Waals surface area (Å²) in [6, 6.07) is 36.2. The molecule has 1 fully saturated rings. The summed E-state index contributed by atoms with van der Waals surface area (Å²) in [4.78, 5) is 0. The van der Waals surface area contributed by atoms with Crippen molar-refractivity contribution >= 4 is 6.20 Å². The maximum absolute atomic E-state index is 10.4. The van der Waals surface area contributed by atoms with Gasteiger partial charge in [0, 0.05) is 29.3 Å². The minimum absolute atomic E-state index is 0.164. The fourth-order valence-electron chi connectivity index (χ4n) is 6.68. The summed E-state index contributed by atoms with van der Waals surface area (Å²) < 4.78 is 4.38. The molecule has 0 saturated heterocycles. The molecular formula is C36H26N4+2. The third-order valence-corrected chi connectivity index (χ3v) is 8.48. The van der Waals surface area contributed by atoms with Crippen LogP contribution in [0.3, 0.4) is 0 Å². The van der Waals surface area contributed by atoms with Gasteiger partial charge in [-0.1, -0.05) is 54.6 Å². The normalized spacial score (nSPS) is 17.9. The van der Waals surface area contributed by atoms with Crippen LogP contribution in [0.2, 0.25) is 0 Å². The summed E-state index contributed by atoms with van der Waals surface area (Å²) in [7, 11) is 0. The lowest BCUT2D eigenvalue weighted by atomic mass is 9.89. The number of nitriles is 2. The standard InChI is InChI=1S/C36H26N4/c1-3-39-22-30(24-11-5-4-6-12-24)23(2)19-32(39)33-28(17-16-25(20-37)29(33)21-38)35-34-27-14-8-7-13-26(27)31-15-9-10-18-40(31)36(34)35/h3-19,22,34-36H,1H2,2H3/q+2. The zero-order valence-electron chi connectivity index (χ0n) is 22.1. The van der Waals surface area contributed by atoms with Crippen LogP contribution in [-0.2, 0) is 0 Å². The number of aryl methyl sites for hydroxylation is 1. The Balaban J connectivity index is 1.47. The average Bonchev–Trinajstić information content (AvgIpc) is 3.77. The van der Waals surface area contributed by atoms with Crippen molar-refractivity contribution in [1.29, 1.82) is 10.5 Å². The van der Waals surface area contributed by atoms with Gasteiger partial charge >= 0.3 is 0 Å². The molecule has 0 radical (unpaired) electrons. The molecule has 0 amide bonds. The molecule has 188 valence electrons. The fraction of sp³-hybridized carbons (Fsp3) is 0.111. The number of aromatic nitrogens is 2. The zero-order valence-corrected chi connectivity index (χ0v) is 22.1. The van der Waals surface area contributed by atoms with E-state index in [-0.39, 0.29) is 17.9 Å². The second-order valence-electron chi connectivity index (χ2n) is 10.5. The lowest BCUT2D eigenvalue weighted by Gasteiger charge is -2.13. The summed E-state index contributed by atoms with van der Waals surface area (Å²) in [6.45, 7) is 6.21. The van der Waals surface area contributed by atoms with E-state index in [9.17, 15) is 10.5 Å². The highest BCUT2D eigenvalue weighted by Crippen LogP contribution is 2.66. The van der Waals surface area contributed by atoms with Gasteiger partial charge in [-0.2, -0.15) is 19.7 Å². The highest BCUT2D eigenvalue weighted by molar-refractivity contribution is 5.78. The Morgan fingerprint density at radius 3 is 2.30 bits per heavy atom. The topological polar surface area (TPSA) is 55.3 Å². The first-order valence-electron chi connectivity index (χ1n) is 13.5. The monoisotopic (exact) mass is 514 g/mol. The number of benzene rings is 3. The Kier molecular flexibility index (Phi) is 5.44. The summed E-state index contributed by atoms with van der Waals surface area (Å²) in [5.41, 5.74) is 10.7. The van der Waals surface area contributed by atoms with Crippen LogP contribution in [0.4, 0.5) is 0 Å². The van der Waals surface area contributed by atoms with Gasteiger partial charge in [0.1, 0.15) is 12.1 Å². The number of pyridine rings is 2. The van der Waals surface area contributed by atoms with Crippen LogP contribution in [0.25, 0.3) is 39.8 Å². The molecule has 3 atom stereocenters. The summed E-state index contributed by atoms with van der Waals surface area (Å²) in [5, 5.41) is 20.4. The molecular weight excluding hydrogens is 488 g/mol. The summed E-state index contributed by atoms with van der Waals surface area (Å²) >= 11 is 0. The van der Waals surface area contributed by atoms with Crippen molar-refractivity contribution in [3.8, 4) is 45.8 Å². The van der Waals surface area contributed by atoms with Crippen LogP contribution in [-0.4, -0.2) is 0 Å². The van der Waals surface area contributed by atoms with Crippen LogP contribution in [0.15, 0.2) is 110 Å². The average molecular weight is 515 g/mol. The molecule has 4 heteroatoms. The van der Waals surface area contributed by atoms with Crippen molar-refractivity contribution < 1.29 is 9.13 Å². The van der Waals surface area contributed by atoms with Crippen molar-refractivity contribution in [2.45, 2.75) is 24.8 Å². The molecule has 0 spiro atoms. The van der Waals surface area contributed by atoms with Gasteiger partial charge in [0.05, 0.1) is 28.5 Å². The lowest BCUT2D eigenvalue weighted by Crippen LogP contribution is -2.37. The van der Waals surface area contributed by atoms with Crippen LogP contribution >= 0.6 is 0 Å². The van der Waals surface area contributed by atoms with E-state index < -0.39 is 0 Å². The van der Waals surface area contributed by atoms with Crippen LogP contribution in [0, 0.1) is 29.6 Å². The molecule has 1 aliphatic heterocycles. The van der Waals surface area contributed by atoms with Crippen LogP contribution in [0.5, 0.6) is 0 Å². The van der Waals surface area contributed by atoms with E-state index in [1.165, 1.54) is 16.8 Å². The molecule has 7 rings (SSSR count). The van der Waals surface area contributed by atoms with Crippen molar-refractivity contribution in [3.63, 3.8) is 0 Å². The van der Waals surface area contributed by atoms with Gasteiger partial charge in [-0.3, -0.25) is 0 Å². The second kappa shape index (κ2) is 9.16. The van der Waals surface area contributed by atoms with E-state index in [2.05, 4.69) is 109 Å².